The van der Waals surface area contributed by atoms with Gasteiger partial charge in [0.2, 0.25) is 10.0 Å². The van der Waals surface area contributed by atoms with Crippen LogP contribution in [0, 0.1) is 19.8 Å². The Morgan fingerprint density at radius 2 is 1.87 bits per heavy atom. The molecule has 10 heteroatoms. The van der Waals surface area contributed by atoms with E-state index in [-0.39, 0.29) is 16.5 Å². The van der Waals surface area contributed by atoms with E-state index in [2.05, 4.69) is 14.6 Å². The SMILES string of the molecule is Cc1cn2c(=O)c(S(=O)(=O)NCC3CCN(Cc4ccc(Cl)cc4)CC3)c(C)nc2s1. The molecule has 166 valence electrons. The topological polar surface area (TPSA) is 83.8 Å². The number of thiazole rings is 1. The average Bonchev–Trinajstić information content (AvgIpc) is 3.09. The highest BCUT2D eigenvalue weighted by atomic mass is 35.5. The molecular weight excluding hydrogens is 456 g/mol. The smallest absolute Gasteiger partial charge is 0.279 e. The van der Waals surface area contributed by atoms with Gasteiger partial charge < -0.3 is 0 Å². The molecule has 7 nitrogen and oxygen atoms in total. The number of nitrogens with one attached hydrogen (secondary N) is 1. The second-order valence-corrected chi connectivity index (χ2v) is 11.4. The lowest BCUT2D eigenvalue weighted by atomic mass is 9.97. The molecule has 0 unspecified atom stereocenters. The van der Waals surface area contributed by atoms with Crippen LogP contribution in [-0.2, 0) is 16.6 Å². The minimum atomic E-state index is -3.94. The zero-order valence-electron chi connectivity index (χ0n) is 17.5. The summed E-state index contributed by atoms with van der Waals surface area (Å²) in [5.41, 5.74) is 0.903. The molecule has 0 bridgehead atoms. The number of nitrogens with zero attached hydrogens (tertiary/aromatic N) is 3. The lowest BCUT2D eigenvalue weighted by Crippen LogP contribution is -2.39. The number of aryl methyl sites for hydroxylation is 2. The second-order valence-electron chi connectivity index (χ2n) is 8.02. The monoisotopic (exact) mass is 480 g/mol. The van der Waals surface area contributed by atoms with Crippen LogP contribution in [0.3, 0.4) is 0 Å². The third-order valence-corrected chi connectivity index (χ3v) is 8.34. The third-order valence-electron chi connectivity index (χ3n) is 5.63. The standard InChI is InChI=1S/C21H25ClN4O3S2/c1-14-12-26-20(27)19(15(2)24-21(26)30-14)31(28,29)23-11-16-7-9-25(10-8-16)13-17-3-5-18(22)6-4-17/h3-6,12,16,23H,7-11,13H2,1-2H3. The van der Waals surface area contributed by atoms with E-state index in [1.807, 2.05) is 31.2 Å². The molecule has 0 saturated carbocycles. The zero-order valence-corrected chi connectivity index (χ0v) is 19.9. The average molecular weight is 481 g/mol. The van der Waals surface area contributed by atoms with Gasteiger partial charge in [0.05, 0.1) is 5.69 Å². The van der Waals surface area contributed by atoms with Gasteiger partial charge in [-0.25, -0.2) is 18.1 Å². The highest BCUT2D eigenvalue weighted by molar-refractivity contribution is 7.89. The summed E-state index contributed by atoms with van der Waals surface area (Å²) in [5.74, 6) is 0.236. The molecule has 1 aliphatic heterocycles. The largest absolute Gasteiger partial charge is 0.299 e. The Balaban J connectivity index is 1.38. The van der Waals surface area contributed by atoms with Gasteiger partial charge in [0.15, 0.2) is 9.86 Å². The van der Waals surface area contributed by atoms with Crippen molar-refractivity contribution in [1.29, 1.82) is 0 Å². The quantitative estimate of drug-likeness (QED) is 0.585. The number of likely N-dealkylation sites (tertiary alicyclic amines) is 1. The van der Waals surface area contributed by atoms with Crippen LogP contribution in [0.5, 0.6) is 0 Å². The molecule has 3 aromatic rings. The third kappa shape index (κ3) is 5.01. The maximum absolute atomic E-state index is 12.9. The number of benzene rings is 1. The molecule has 1 aromatic carbocycles. The Kier molecular flexibility index (Phi) is 6.50. The van der Waals surface area contributed by atoms with Gasteiger partial charge in [-0.3, -0.25) is 14.1 Å². The van der Waals surface area contributed by atoms with Gasteiger partial charge in [-0.15, -0.1) is 11.3 Å². The number of sulfonamides is 1. The van der Waals surface area contributed by atoms with E-state index >= 15 is 0 Å². The van der Waals surface area contributed by atoms with Gasteiger partial charge >= 0.3 is 0 Å². The molecular formula is C21H25ClN4O3S2. The van der Waals surface area contributed by atoms with Crippen molar-refractivity contribution in [2.75, 3.05) is 19.6 Å². The predicted molar refractivity (Wildman–Crippen MR) is 123 cm³/mol. The van der Waals surface area contributed by atoms with Crippen LogP contribution in [0.2, 0.25) is 5.02 Å². The van der Waals surface area contributed by atoms with Crippen LogP contribution in [0.1, 0.15) is 29.0 Å². The molecule has 1 aliphatic rings. The number of halogens is 1. The van der Waals surface area contributed by atoms with Gasteiger partial charge in [-0.05, 0) is 63.4 Å². The Bertz CT molecular complexity index is 1240. The molecule has 0 spiro atoms. The molecule has 0 atom stereocenters. The van der Waals surface area contributed by atoms with E-state index < -0.39 is 15.6 Å². The number of hydrogen-bond acceptors (Lipinski definition) is 6. The van der Waals surface area contributed by atoms with Crippen LogP contribution >= 0.6 is 22.9 Å². The van der Waals surface area contributed by atoms with Crippen LogP contribution in [-0.4, -0.2) is 42.3 Å². The molecule has 1 fully saturated rings. The van der Waals surface area contributed by atoms with E-state index in [0.717, 1.165) is 42.4 Å². The van der Waals surface area contributed by atoms with Crippen LogP contribution in [0.25, 0.3) is 4.96 Å². The molecule has 4 rings (SSSR count). The fraction of sp³-hybridized carbons (Fsp3) is 0.429. The molecule has 0 aliphatic carbocycles. The Labute approximate surface area is 190 Å². The highest BCUT2D eigenvalue weighted by Crippen LogP contribution is 2.21. The van der Waals surface area contributed by atoms with Crippen molar-refractivity contribution >= 4 is 37.9 Å². The van der Waals surface area contributed by atoms with Crippen molar-refractivity contribution in [2.45, 2.75) is 38.1 Å². The van der Waals surface area contributed by atoms with Crippen molar-refractivity contribution < 1.29 is 8.42 Å². The molecule has 1 saturated heterocycles. The van der Waals surface area contributed by atoms with Crippen LogP contribution < -0.4 is 10.3 Å². The number of rotatable bonds is 6. The summed E-state index contributed by atoms with van der Waals surface area (Å²) >= 11 is 7.31. The van der Waals surface area contributed by atoms with Crippen molar-refractivity contribution in [3.63, 3.8) is 0 Å². The lowest BCUT2D eigenvalue weighted by molar-refractivity contribution is 0.178. The summed E-state index contributed by atoms with van der Waals surface area (Å²) in [4.78, 5) is 20.6. The minimum absolute atomic E-state index is 0.233. The van der Waals surface area contributed by atoms with Crippen molar-refractivity contribution in [3.05, 3.63) is 62.0 Å². The number of aromatic nitrogens is 2. The van der Waals surface area contributed by atoms with Gasteiger partial charge in [-0.2, -0.15) is 0 Å². The number of hydrogen-bond donors (Lipinski definition) is 1. The summed E-state index contributed by atoms with van der Waals surface area (Å²) < 4.78 is 29.8. The first-order valence-corrected chi connectivity index (χ1v) is 12.9. The molecule has 0 radical (unpaired) electrons. The summed E-state index contributed by atoms with van der Waals surface area (Å²) in [7, 11) is -3.94. The maximum atomic E-state index is 12.9. The summed E-state index contributed by atoms with van der Waals surface area (Å²) in [6, 6.07) is 7.85. The van der Waals surface area contributed by atoms with E-state index in [1.54, 1.807) is 13.1 Å². The summed E-state index contributed by atoms with van der Waals surface area (Å²) in [5, 5.41) is 0.730. The first kappa shape index (κ1) is 22.4. The first-order chi connectivity index (χ1) is 14.7. The number of fused-ring (bicyclic) bond motifs is 1. The molecule has 1 N–H and O–H groups in total. The second kappa shape index (κ2) is 8.99. The Morgan fingerprint density at radius 3 is 2.55 bits per heavy atom. The van der Waals surface area contributed by atoms with Crippen molar-refractivity contribution in [2.24, 2.45) is 5.92 Å². The summed E-state index contributed by atoms with van der Waals surface area (Å²) in [6.07, 6.45) is 3.42. The molecule has 2 aromatic heterocycles. The van der Waals surface area contributed by atoms with Crippen molar-refractivity contribution in [1.82, 2.24) is 19.0 Å². The normalized spacial score (nSPS) is 16.2. The zero-order chi connectivity index (χ0) is 22.2. The van der Waals surface area contributed by atoms with E-state index in [1.165, 1.54) is 21.3 Å². The maximum Gasteiger partial charge on any atom is 0.279 e. The predicted octanol–water partition coefficient (Wildman–Crippen LogP) is 3.22. The molecule has 0 amide bonds. The summed E-state index contributed by atoms with van der Waals surface area (Å²) in [6.45, 7) is 6.41. The van der Waals surface area contributed by atoms with Gasteiger partial charge in [0.25, 0.3) is 5.56 Å². The van der Waals surface area contributed by atoms with E-state index in [0.29, 0.717) is 11.5 Å². The fourth-order valence-corrected chi connectivity index (χ4v) is 6.29. The number of piperidine rings is 1. The Morgan fingerprint density at radius 1 is 1.19 bits per heavy atom. The van der Waals surface area contributed by atoms with Crippen LogP contribution in [0.15, 0.2) is 40.2 Å². The van der Waals surface area contributed by atoms with Gasteiger partial charge in [-0.1, -0.05) is 23.7 Å². The van der Waals surface area contributed by atoms with Crippen molar-refractivity contribution in [3.8, 4) is 0 Å². The van der Waals surface area contributed by atoms with E-state index in [4.69, 9.17) is 11.6 Å². The fourth-order valence-electron chi connectivity index (χ4n) is 3.94. The minimum Gasteiger partial charge on any atom is -0.299 e. The lowest BCUT2D eigenvalue weighted by Gasteiger charge is -2.32. The highest BCUT2D eigenvalue weighted by Gasteiger charge is 2.27. The molecule has 3 heterocycles. The first-order valence-electron chi connectivity index (χ1n) is 10.2. The van der Waals surface area contributed by atoms with Crippen LogP contribution in [0.4, 0.5) is 0 Å². The molecule has 31 heavy (non-hydrogen) atoms. The Hall–Kier alpha value is -1.78. The van der Waals surface area contributed by atoms with E-state index in [9.17, 15) is 13.2 Å². The van der Waals surface area contributed by atoms with Gasteiger partial charge in [0.1, 0.15) is 0 Å². The van der Waals surface area contributed by atoms with Gasteiger partial charge in [0, 0.05) is 29.2 Å².